The van der Waals surface area contributed by atoms with E-state index in [1.165, 1.54) is 30.0 Å². The Hall–Kier alpha value is -1.08. The zero-order valence-corrected chi connectivity index (χ0v) is 10.5. The van der Waals surface area contributed by atoms with Gasteiger partial charge in [0.2, 0.25) is 5.91 Å². The van der Waals surface area contributed by atoms with E-state index in [9.17, 15) is 9.59 Å². The van der Waals surface area contributed by atoms with Crippen molar-refractivity contribution in [1.29, 1.82) is 0 Å². The van der Waals surface area contributed by atoms with Gasteiger partial charge in [0.1, 0.15) is 0 Å². The Kier molecular flexibility index (Phi) is 4.75. The number of carbonyl (C=O) groups is 2. The lowest BCUT2D eigenvalue weighted by Crippen LogP contribution is -2.11. The molecule has 0 radical (unpaired) electrons. The van der Waals surface area contributed by atoms with Crippen LogP contribution in [0.2, 0.25) is 0 Å². The Morgan fingerprint density at radius 3 is 2.94 bits per heavy atom. The molecule has 16 heavy (non-hydrogen) atoms. The molecule has 1 unspecified atom stereocenters. The average Bonchev–Trinajstić information content (AvgIpc) is 2.60. The SMILES string of the molecule is CC(=O)Nc1nc(CSC(C)C(=O)O)cs1. The van der Waals surface area contributed by atoms with E-state index in [4.69, 9.17) is 5.11 Å². The number of thiazole rings is 1. The minimum absolute atomic E-state index is 0.160. The molecule has 1 aromatic rings. The lowest BCUT2D eigenvalue weighted by molar-refractivity contribution is -0.136. The fourth-order valence-electron chi connectivity index (χ4n) is 0.863. The first-order chi connectivity index (χ1) is 7.49. The molecule has 7 heteroatoms. The largest absolute Gasteiger partial charge is 0.480 e. The number of carboxylic acid groups (broad SMARTS) is 1. The Labute approximate surface area is 101 Å². The van der Waals surface area contributed by atoms with Crippen LogP contribution < -0.4 is 5.32 Å². The number of carbonyl (C=O) groups excluding carboxylic acids is 1. The van der Waals surface area contributed by atoms with E-state index in [1.54, 1.807) is 6.92 Å². The van der Waals surface area contributed by atoms with Crippen LogP contribution in [0.4, 0.5) is 5.13 Å². The molecule has 1 rings (SSSR count). The Morgan fingerprint density at radius 1 is 1.69 bits per heavy atom. The molecule has 0 aromatic carbocycles. The van der Waals surface area contributed by atoms with E-state index in [2.05, 4.69) is 10.3 Å². The summed E-state index contributed by atoms with van der Waals surface area (Å²) in [6.45, 7) is 3.05. The number of hydrogen-bond acceptors (Lipinski definition) is 5. The maximum Gasteiger partial charge on any atom is 0.316 e. The third-order valence-electron chi connectivity index (χ3n) is 1.66. The van der Waals surface area contributed by atoms with Crippen LogP contribution in [-0.4, -0.2) is 27.2 Å². The van der Waals surface area contributed by atoms with Crippen LogP contribution in [0.5, 0.6) is 0 Å². The van der Waals surface area contributed by atoms with Crippen molar-refractivity contribution >= 4 is 40.1 Å². The summed E-state index contributed by atoms with van der Waals surface area (Å²) < 4.78 is 0. The molecule has 1 aromatic heterocycles. The first-order valence-electron chi connectivity index (χ1n) is 4.55. The highest BCUT2D eigenvalue weighted by molar-refractivity contribution is 7.99. The first kappa shape index (κ1) is 13.0. The molecule has 1 heterocycles. The van der Waals surface area contributed by atoms with Gasteiger partial charge in [0.25, 0.3) is 0 Å². The van der Waals surface area contributed by atoms with Crippen molar-refractivity contribution in [3.05, 3.63) is 11.1 Å². The van der Waals surface area contributed by atoms with E-state index >= 15 is 0 Å². The van der Waals surface area contributed by atoms with Gasteiger partial charge in [0.15, 0.2) is 5.13 Å². The van der Waals surface area contributed by atoms with Gasteiger partial charge in [-0.05, 0) is 6.92 Å². The summed E-state index contributed by atoms with van der Waals surface area (Å²) in [5.74, 6) is -0.460. The molecule has 0 aliphatic heterocycles. The van der Waals surface area contributed by atoms with E-state index in [0.717, 1.165) is 5.69 Å². The third-order valence-corrected chi connectivity index (χ3v) is 3.63. The normalized spacial score (nSPS) is 12.1. The summed E-state index contributed by atoms with van der Waals surface area (Å²) in [5.41, 5.74) is 0.784. The first-order valence-corrected chi connectivity index (χ1v) is 6.48. The fraction of sp³-hybridized carbons (Fsp3) is 0.444. The molecule has 0 spiro atoms. The van der Waals surface area contributed by atoms with Gasteiger partial charge in [-0.1, -0.05) is 0 Å². The Bertz CT molecular complexity index is 392. The van der Waals surface area contributed by atoms with Gasteiger partial charge in [0, 0.05) is 18.1 Å². The van der Waals surface area contributed by atoms with E-state index in [0.29, 0.717) is 10.9 Å². The predicted octanol–water partition coefficient (Wildman–Crippen LogP) is 1.81. The molecule has 0 bridgehead atoms. The van der Waals surface area contributed by atoms with Crippen LogP contribution in [0.1, 0.15) is 19.5 Å². The van der Waals surface area contributed by atoms with Crippen molar-refractivity contribution in [1.82, 2.24) is 4.98 Å². The Morgan fingerprint density at radius 2 is 2.38 bits per heavy atom. The van der Waals surface area contributed by atoms with Crippen LogP contribution in [0, 0.1) is 0 Å². The quantitative estimate of drug-likeness (QED) is 0.844. The van der Waals surface area contributed by atoms with Crippen LogP contribution in [-0.2, 0) is 15.3 Å². The number of nitrogens with one attached hydrogen (secondary N) is 1. The van der Waals surface area contributed by atoms with Crippen molar-refractivity contribution in [3.8, 4) is 0 Å². The third kappa shape index (κ3) is 4.19. The van der Waals surface area contributed by atoms with Gasteiger partial charge in [-0.2, -0.15) is 0 Å². The highest BCUT2D eigenvalue weighted by Crippen LogP contribution is 2.21. The lowest BCUT2D eigenvalue weighted by Gasteiger charge is -2.03. The fourth-order valence-corrected chi connectivity index (χ4v) is 2.44. The van der Waals surface area contributed by atoms with Crippen molar-refractivity contribution in [2.45, 2.75) is 24.9 Å². The van der Waals surface area contributed by atoms with Crippen molar-refractivity contribution < 1.29 is 14.7 Å². The van der Waals surface area contributed by atoms with Gasteiger partial charge in [0.05, 0.1) is 10.9 Å². The molecular weight excluding hydrogens is 248 g/mol. The molecule has 2 N–H and O–H groups in total. The highest BCUT2D eigenvalue weighted by Gasteiger charge is 2.12. The molecule has 1 atom stereocenters. The molecule has 0 saturated heterocycles. The number of carboxylic acids is 1. The molecule has 88 valence electrons. The summed E-state index contributed by atoms with van der Waals surface area (Å²) in [5, 5.41) is 13.2. The van der Waals surface area contributed by atoms with Gasteiger partial charge in [-0.3, -0.25) is 9.59 Å². The second-order valence-electron chi connectivity index (χ2n) is 3.12. The van der Waals surface area contributed by atoms with Crippen LogP contribution in [0.25, 0.3) is 0 Å². The zero-order chi connectivity index (χ0) is 12.1. The second kappa shape index (κ2) is 5.86. The van der Waals surface area contributed by atoms with Gasteiger partial charge < -0.3 is 10.4 Å². The minimum Gasteiger partial charge on any atom is -0.480 e. The summed E-state index contributed by atoms with van der Waals surface area (Å²) >= 11 is 2.64. The zero-order valence-electron chi connectivity index (χ0n) is 8.89. The number of hydrogen-bond donors (Lipinski definition) is 2. The van der Waals surface area contributed by atoms with Crippen LogP contribution in [0.3, 0.4) is 0 Å². The smallest absolute Gasteiger partial charge is 0.316 e. The van der Waals surface area contributed by atoms with Gasteiger partial charge >= 0.3 is 5.97 Å². The minimum atomic E-state index is -0.831. The van der Waals surface area contributed by atoms with Crippen LogP contribution >= 0.6 is 23.1 Å². The number of aromatic nitrogens is 1. The molecular formula is C9H12N2O3S2. The number of amides is 1. The predicted molar refractivity (Wildman–Crippen MR) is 64.8 cm³/mol. The standard InChI is InChI=1S/C9H12N2O3S2/c1-5(8(13)14)15-3-7-4-16-9(11-7)10-6(2)12/h4-5H,3H2,1-2H3,(H,13,14)(H,10,11,12). The summed E-state index contributed by atoms with van der Waals surface area (Å²) in [4.78, 5) is 25.5. The van der Waals surface area contributed by atoms with E-state index in [-0.39, 0.29) is 5.91 Å². The second-order valence-corrected chi connectivity index (χ2v) is 5.30. The van der Waals surface area contributed by atoms with Crippen LogP contribution in [0.15, 0.2) is 5.38 Å². The topological polar surface area (TPSA) is 79.3 Å². The maximum absolute atomic E-state index is 10.8. The molecule has 5 nitrogen and oxygen atoms in total. The number of thioether (sulfide) groups is 1. The average molecular weight is 260 g/mol. The molecule has 0 saturated carbocycles. The number of nitrogens with zero attached hydrogens (tertiary/aromatic N) is 1. The summed E-state index contributed by atoms with van der Waals surface area (Å²) in [6.07, 6.45) is 0. The lowest BCUT2D eigenvalue weighted by atomic mass is 10.5. The van der Waals surface area contributed by atoms with Crippen molar-refractivity contribution in [2.75, 3.05) is 5.32 Å². The number of rotatable bonds is 5. The number of aliphatic carboxylic acids is 1. The maximum atomic E-state index is 10.8. The Balaban J connectivity index is 2.46. The van der Waals surface area contributed by atoms with Gasteiger partial charge in [-0.25, -0.2) is 4.98 Å². The van der Waals surface area contributed by atoms with E-state index < -0.39 is 11.2 Å². The molecule has 0 fully saturated rings. The summed E-state index contributed by atoms with van der Waals surface area (Å²) in [7, 11) is 0. The molecule has 0 aliphatic carbocycles. The highest BCUT2D eigenvalue weighted by atomic mass is 32.2. The molecule has 0 aliphatic rings. The van der Waals surface area contributed by atoms with Gasteiger partial charge in [-0.15, -0.1) is 23.1 Å². The van der Waals surface area contributed by atoms with E-state index in [1.807, 2.05) is 5.38 Å². The monoisotopic (exact) mass is 260 g/mol. The summed E-state index contributed by atoms with van der Waals surface area (Å²) in [6, 6.07) is 0. The number of anilines is 1. The van der Waals surface area contributed by atoms with Crippen molar-refractivity contribution in [2.24, 2.45) is 0 Å². The molecule has 1 amide bonds. The van der Waals surface area contributed by atoms with Crippen molar-refractivity contribution in [3.63, 3.8) is 0 Å².